The summed E-state index contributed by atoms with van der Waals surface area (Å²) in [6.45, 7) is 2.06. The number of carbonyl (C=O) groups excluding carboxylic acids is 2. The third-order valence-corrected chi connectivity index (χ3v) is 3.64. The Labute approximate surface area is 92.1 Å². The van der Waals surface area contributed by atoms with Crippen LogP contribution in [0.2, 0.25) is 0 Å². The third-order valence-electron chi connectivity index (χ3n) is 2.07. The Kier molecular flexibility index (Phi) is 4.54. The summed E-state index contributed by atoms with van der Waals surface area (Å²) in [5.41, 5.74) is 0. The van der Waals surface area contributed by atoms with Crippen molar-refractivity contribution in [3.05, 3.63) is 0 Å². The van der Waals surface area contributed by atoms with Crippen molar-refractivity contribution >= 4 is 35.3 Å². The maximum Gasteiger partial charge on any atom is 0.321 e. The Bertz CT molecular complexity index is 237. The van der Waals surface area contributed by atoms with Crippen LogP contribution < -0.4 is 10.6 Å². The predicted molar refractivity (Wildman–Crippen MR) is 57.7 cm³/mol. The van der Waals surface area contributed by atoms with Crippen LogP contribution >= 0.6 is 23.4 Å². The van der Waals surface area contributed by atoms with Crippen LogP contribution in [0.1, 0.15) is 13.3 Å². The molecule has 0 aromatic rings. The molecule has 0 bridgehead atoms. The number of thioether (sulfide) groups is 1. The minimum Gasteiger partial charge on any atom is -0.334 e. The first kappa shape index (κ1) is 11.7. The van der Waals surface area contributed by atoms with E-state index in [9.17, 15) is 9.59 Å². The lowest BCUT2D eigenvalue weighted by Gasteiger charge is -2.16. The lowest BCUT2D eigenvalue weighted by Crippen LogP contribution is -2.46. The maximum atomic E-state index is 11.2. The number of hydrogen-bond donors (Lipinski definition) is 2. The second kappa shape index (κ2) is 5.46. The van der Waals surface area contributed by atoms with Gasteiger partial charge in [-0.25, -0.2) is 4.79 Å². The predicted octanol–water partition coefficient (Wildman–Crippen LogP) is 0.945. The van der Waals surface area contributed by atoms with Crippen LogP contribution in [-0.2, 0) is 4.79 Å². The number of alkyl halides is 1. The van der Waals surface area contributed by atoms with Crippen molar-refractivity contribution in [2.45, 2.75) is 24.6 Å². The standard InChI is InChI=1S/C8H13ClN2O2S/c1-5-6(2-3-14-5)10-8(13)11-7(12)4-9/h5-6H,2-4H2,1H3,(H2,10,11,12,13). The van der Waals surface area contributed by atoms with E-state index in [1.54, 1.807) is 0 Å². The summed E-state index contributed by atoms with van der Waals surface area (Å²) in [6.07, 6.45) is 0.953. The van der Waals surface area contributed by atoms with Crippen molar-refractivity contribution in [2.75, 3.05) is 11.6 Å². The monoisotopic (exact) mass is 236 g/mol. The van der Waals surface area contributed by atoms with Gasteiger partial charge in [-0.2, -0.15) is 11.8 Å². The Balaban J connectivity index is 2.29. The van der Waals surface area contributed by atoms with Crippen LogP contribution in [0.15, 0.2) is 0 Å². The summed E-state index contributed by atoms with van der Waals surface area (Å²) < 4.78 is 0. The van der Waals surface area contributed by atoms with Crippen LogP contribution in [0.5, 0.6) is 0 Å². The first-order chi connectivity index (χ1) is 6.63. The molecule has 1 aliphatic heterocycles. The van der Waals surface area contributed by atoms with Crippen LogP contribution in [-0.4, -0.2) is 34.9 Å². The summed E-state index contributed by atoms with van der Waals surface area (Å²) in [5, 5.41) is 5.30. The molecule has 1 rings (SSSR count). The highest BCUT2D eigenvalue weighted by Crippen LogP contribution is 2.25. The number of halogens is 1. The van der Waals surface area contributed by atoms with Gasteiger partial charge in [-0.05, 0) is 12.2 Å². The SMILES string of the molecule is CC1SCCC1NC(=O)NC(=O)CCl. The molecule has 14 heavy (non-hydrogen) atoms. The molecule has 80 valence electrons. The summed E-state index contributed by atoms with van der Waals surface area (Å²) in [7, 11) is 0. The Hall–Kier alpha value is -0.420. The molecule has 2 N–H and O–H groups in total. The van der Waals surface area contributed by atoms with Gasteiger partial charge in [0.2, 0.25) is 5.91 Å². The zero-order chi connectivity index (χ0) is 10.6. The van der Waals surface area contributed by atoms with Crippen LogP contribution in [0.25, 0.3) is 0 Å². The largest absolute Gasteiger partial charge is 0.334 e. The van der Waals surface area contributed by atoms with Crippen molar-refractivity contribution in [1.82, 2.24) is 10.6 Å². The molecule has 6 heteroatoms. The molecule has 0 aromatic heterocycles. The minimum absolute atomic E-state index is 0.156. The molecule has 1 heterocycles. The average Bonchev–Trinajstić information content (AvgIpc) is 2.51. The van der Waals surface area contributed by atoms with E-state index in [2.05, 4.69) is 17.6 Å². The third kappa shape index (κ3) is 3.38. The molecule has 0 aromatic carbocycles. The van der Waals surface area contributed by atoms with Gasteiger partial charge in [0.05, 0.1) is 0 Å². The molecule has 0 spiro atoms. The van der Waals surface area contributed by atoms with Gasteiger partial charge < -0.3 is 5.32 Å². The lowest BCUT2D eigenvalue weighted by molar-refractivity contribution is -0.117. The maximum absolute atomic E-state index is 11.2. The van der Waals surface area contributed by atoms with E-state index in [-0.39, 0.29) is 11.9 Å². The van der Waals surface area contributed by atoms with E-state index in [0.29, 0.717) is 5.25 Å². The quantitative estimate of drug-likeness (QED) is 0.702. The molecular formula is C8H13ClN2O2S. The van der Waals surface area contributed by atoms with E-state index < -0.39 is 11.9 Å². The molecule has 1 aliphatic rings. The Morgan fingerprint density at radius 3 is 2.79 bits per heavy atom. The number of rotatable bonds is 2. The fourth-order valence-electron chi connectivity index (χ4n) is 1.29. The van der Waals surface area contributed by atoms with Crippen molar-refractivity contribution in [2.24, 2.45) is 0 Å². The number of amides is 3. The van der Waals surface area contributed by atoms with Crippen LogP contribution in [0.3, 0.4) is 0 Å². The molecule has 4 nitrogen and oxygen atoms in total. The second-order valence-corrected chi connectivity index (χ2v) is 4.88. The average molecular weight is 237 g/mol. The van der Waals surface area contributed by atoms with Crippen LogP contribution in [0, 0.1) is 0 Å². The number of imide groups is 1. The van der Waals surface area contributed by atoms with Gasteiger partial charge in [-0.15, -0.1) is 11.6 Å². The number of carbonyl (C=O) groups is 2. The highest BCUT2D eigenvalue weighted by molar-refractivity contribution is 8.00. The number of urea groups is 1. The fourth-order valence-corrected chi connectivity index (χ4v) is 2.55. The van der Waals surface area contributed by atoms with Gasteiger partial charge >= 0.3 is 6.03 Å². The van der Waals surface area contributed by atoms with E-state index in [0.717, 1.165) is 12.2 Å². The zero-order valence-corrected chi connectivity index (χ0v) is 9.45. The van der Waals surface area contributed by atoms with E-state index >= 15 is 0 Å². The molecule has 2 atom stereocenters. The highest BCUT2D eigenvalue weighted by atomic mass is 35.5. The summed E-state index contributed by atoms with van der Waals surface area (Å²) in [4.78, 5) is 22.0. The first-order valence-electron chi connectivity index (χ1n) is 4.41. The van der Waals surface area contributed by atoms with E-state index in [1.165, 1.54) is 0 Å². The summed E-state index contributed by atoms with van der Waals surface area (Å²) >= 11 is 7.06. The number of hydrogen-bond acceptors (Lipinski definition) is 3. The minimum atomic E-state index is -0.470. The molecule has 1 fully saturated rings. The van der Waals surface area contributed by atoms with Gasteiger partial charge in [0.25, 0.3) is 0 Å². The smallest absolute Gasteiger partial charge is 0.321 e. The van der Waals surface area contributed by atoms with Crippen molar-refractivity contribution in [3.8, 4) is 0 Å². The Morgan fingerprint density at radius 1 is 1.57 bits per heavy atom. The van der Waals surface area contributed by atoms with Gasteiger partial charge in [-0.3, -0.25) is 10.1 Å². The highest BCUT2D eigenvalue weighted by Gasteiger charge is 2.25. The second-order valence-electron chi connectivity index (χ2n) is 3.13. The molecule has 1 saturated heterocycles. The number of nitrogens with one attached hydrogen (secondary N) is 2. The zero-order valence-electron chi connectivity index (χ0n) is 7.88. The lowest BCUT2D eigenvalue weighted by atomic mass is 10.2. The topological polar surface area (TPSA) is 58.2 Å². The first-order valence-corrected chi connectivity index (χ1v) is 5.99. The summed E-state index contributed by atoms with van der Waals surface area (Å²) in [6, 6.07) is -0.293. The van der Waals surface area contributed by atoms with E-state index in [4.69, 9.17) is 11.6 Å². The van der Waals surface area contributed by atoms with Crippen molar-refractivity contribution in [1.29, 1.82) is 0 Å². The molecular weight excluding hydrogens is 224 g/mol. The molecule has 0 aliphatic carbocycles. The fraction of sp³-hybridized carbons (Fsp3) is 0.750. The Morgan fingerprint density at radius 2 is 2.29 bits per heavy atom. The van der Waals surface area contributed by atoms with Gasteiger partial charge in [-0.1, -0.05) is 6.92 Å². The van der Waals surface area contributed by atoms with Gasteiger partial charge in [0.15, 0.2) is 0 Å². The van der Waals surface area contributed by atoms with Crippen LogP contribution in [0.4, 0.5) is 4.79 Å². The molecule has 2 unspecified atom stereocenters. The van der Waals surface area contributed by atoms with Crippen molar-refractivity contribution < 1.29 is 9.59 Å². The molecule has 0 saturated carbocycles. The normalized spacial score (nSPS) is 25.9. The van der Waals surface area contributed by atoms with Gasteiger partial charge in [0.1, 0.15) is 5.88 Å². The van der Waals surface area contributed by atoms with Crippen molar-refractivity contribution in [3.63, 3.8) is 0 Å². The molecule has 0 radical (unpaired) electrons. The van der Waals surface area contributed by atoms with Gasteiger partial charge in [0, 0.05) is 11.3 Å². The summed E-state index contributed by atoms with van der Waals surface area (Å²) in [5.74, 6) is 0.389. The van der Waals surface area contributed by atoms with E-state index in [1.807, 2.05) is 11.8 Å². The molecule has 3 amide bonds.